The van der Waals surface area contributed by atoms with Gasteiger partial charge in [-0.15, -0.1) is 0 Å². The Balaban J connectivity index is 1.14. The fourth-order valence-corrected chi connectivity index (χ4v) is 8.20. The number of amides is 2. The molecule has 6 aliphatic rings. The summed E-state index contributed by atoms with van der Waals surface area (Å²) in [7, 11) is 0. The Morgan fingerprint density at radius 1 is 0.857 bits per heavy atom. The van der Waals surface area contributed by atoms with Gasteiger partial charge in [0.2, 0.25) is 5.91 Å². The number of carbonyl (C=O) groups is 2. The number of piperidine rings is 1. The highest BCUT2D eigenvalue weighted by Crippen LogP contribution is 2.41. The van der Waals surface area contributed by atoms with Crippen molar-refractivity contribution in [2.75, 3.05) is 26.2 Å². The molecule has 196 valence electrons. The third-order valence-corrected chi connectivity index (χ3v) is 10.1. The van der Waals surface area contributed by atoms with Gasteiger partial charge in [-0.05, 0) is 76.0 Å². The van der Waals surface area contributed by atoms with Crippen molar-refractivity contribution in [3.63, 3.8) is 0 Å². The normalized spacial score (nSPS) is 42.3. The molecule has 8 atom stereocenters. The van der Waals surface area contributed by atoms with Crippen LogP contribution < -0.4 is 10.7 Å². The Labute approximate surface area is 210 Å². The molecule has 3 heterocycles. The summed E-state index contributed by atoms with van der Waals surface area (Å²) in [4.78, 5) is 30.3. The third-order valence-electron chi connectivity index (χ3n) is 10.1. The second-order valence-electron chi connectivity index (χ2n) is 12.4. The van der Waals surface area contributed by atoms with Gasteiger partial charge in [0.25, 0.3) is 0 Å². The van der Waals surface area contributed by atoms with Crippen molar-refractivity contribution in [1.29, 1.82) is 0 Å². The van der Waals surface area contributed by atoms with Crippen LogP contribution in [0, 0.1) is 17.8 Å². The quantitative estimate of drug-likeness (QED) is 0.638. The van der Waals surface area contributed by atoms with Gasteiger partial charge in [-0.3, -0.25) is 10.2 Å². The van der Waals surface area contributed by atoms with E-state index in [2.05, 4.69) is 27.6 Å². The molecule has 0 radical (unpaired) electrons. The third kappa shape index (κ3) is 4.82. The highest BCUT2D eigenvalue weighted by atomic mass is 16.6. The van der Waals surface area contributed by atoms with E-state index < -0.39 is 0 Å². The largest absolute Gasteiger partial charge is 0.445 e. The lowest BCUT2D eigenvalue weighted by Crippen LogP contribution is -2.67. The van der Waals surface area contributed by atoms with Crippen LogP contribution in [0.2, 0.25) is 0 Å². The molecule has 7 unspecified atom stereocenters. The lowest BCUT2D eigenvalue weighted by atomic mass is 9.73. The van der Waals surface area contributed by atoms with E-state index in [1.165, 1.54) is 38.5 Å². The van der Waals surface area contributed by atoms with Crippen molar-refractivity contribution < 1.29 is 14.3 Å². The first kappa shape index (κ1) is 24.0. The van der Waals surface area contributed by atoms with E-state index in [9.17, 15) is 9.59 Å². The van der Waals surface area contributed by atoms with Crippen LogP contribution in [-0.2, 0) is 9.53 Å². The molecule has 6 rings (SSSR count). The van der Waals surface area contributed by atoms with Gasteiger partial charge in [-0.25, -0.2) is 9.80 Å². The van der Waals surface area contributed by atoms with Crippen LogP contribution in [-0.4, -0.2) is 89.3 Å². The Kier molecular flexibility index (Phi) is 6.73. The number of ether oxygens (including phenoxy) is 1. The molecule has 8 heteroatoms. The average Bonchev–Trinajstić information content (AvgIpc) is 3.59. The second kappa shape index (κ2) is 9.82. The minimum atomic E-state index is -0.152. The van der Waals surface area contributed by atoms with Crippen LogP contribution in [0.4, 0.5) is 4.79 Å². The van der Waals surface area contributed by atoms with Gasteiger partial charge in [0.1, 0.15) is 6.10 Å². The molecular weight excluding hydrogens is 442 g/mol. The van der Waals surface area contributed by atoms with E-state index >= 15 is 0 Å². The number of nitrogens with one attached hydrogen (secondary N) is 2. The predicted octanol–water partition coefficient (Wildman–Crippen LogP) is 2.73. The fourth-order valence-electron chi connectivity index (χ4n) is 8.20. The Morgan fingerprint density at radius 3 is 2.49 bits per heavy atom. The summed E-state index contributed by atoms with van der Waals surface area (Å²) >= 11 is 0. The standard InChI is InChI=1S/C27H45N5O3/c1-17-15-30(27(34)35-23-11-20-5-3-4-6-24(20)28-14-23)26-12-19(7-10-25(26)32(17)18(2)33)21-13-29-31(16-21)22-8-9-22/h17,19-26,28-29H,3-16H2,1-2H3/t17-,19?,20?,21?,23?,24?,25?,26?/m0/s1. The molecule has 0 bridgehead atoms. The summed E-state index contributed by atoms with van der Waals surface area (Å²) in [5.41, 5.74) is 3.64. The Bertz CT molecular complexity index is 806. The Hall–Kier alpha value is -1.38. The maximum Gasteiger partial charge on any atom is 0.410 e. The van der Waals surface area contributed by atoms with Gasteiger partial charge in [0, 0.05) is 51.2 Å². The smallest absolute Gasteiger partial charge is 0.410 e. The van der Waals surface area contributed by atoms with Gasteiger partial charge in [0.15, 0.2) is 0 Å². The summed E-state index contributed by atoms with van der Waals surface area (Å²) in [6.07, 6.45) is 11.7. The number of rotatable bonds is 3. The van der Waals surface area contributed by atoms with E-state index in [1.807, 2.05) is 4.90 Å². The molecule has 0 aromatic rings. The zero-order chi connectivity index (χ0) is 24.1. The maximum atomic E-state index is 13.6. The molecule has 3 saturated heterocycles. The molecule has 3 aliphatic carbocycles. The molecule has 2 N–H and O–H groups in total. The SMILES string of the molecule is CC(=O)N1C2CCC(C3CNN(C4CC4)C3)CC2N(C(=O)OC2CNC3CCCCC3C2)C[C@@H]1C. The molecule has 0 spiro atoms. The second-order valence-corrected chi connectivity index (χ2v) is 12.4. The molecule has 35 heavy (non-hydrogen) atoms. The summed E-state index contributed by atoms with van der Waals surface area (Å²) < 4.78 is 6.19. The topological polar surface area (TPSA) is 77.2 Å². The van der Waals surface area contributed by atoms with Crippen molar-refractivity contribution in [1.82, 2.24) is 25.6 Å². The molecule has 8 nitrogen and oxygen atoms in total. The van der Waals surface area contributed by atoms with Crippen molar-refractivity contribution in [2.45, 2.75) is 114 Å². The van der Waals surface area contributed by atoms with Crippen LogP contribution in [0.3, 0.4) is 0 Å². The number of piperazine rings is 1. The summed E-state index contributed by atoms with van der Waals surface area (Å²) in [6, 6.07) is 1.55. The van der Waals surface area contributed by atoms with E-state index in [-0.39, 0.29) is 36.2 Å². The highest BCUT2D eigenvalue weighted by molar-refractivity contribution is 5.75. The molecule has 6 fully saturated rings. The van der Waals surface area contributed by atoms with Gasteiger partial charge < -0.3 is 19.9 Å². The van der Waals surface area contributed by atoms with Crippen LogP contribution >= 0.6 is 0 Å². The van der Waals surface area contributed by atoms with E-state index in [4.69, 9.17) is 4.74 Å². The van der Waals surface area contributed by atoms with Gasteiger partial charge in [-0.1, -0.05) is 12.8 Å². The maximum absolute atomic E-state index is 13.6. The highest BCUT2D eigenvalue weighted by Gasteiger charge is 2.49. The molecule has 0 aromatic carbocycles. The molecule has 0 aromatic heterocycles. The molecule has 3 aliphatic heterocycles. The summed E-state index contributed by atoms with van der Waals surface area (Å²) in [5.74, 6) is 2.00. The predicted molar refractivity (Wildman–Crippen MR) is 133 cm³/mol. The minimum Gasteiger partial charge on any atom is -0.445 e. The average molecular weight is 488 g/mol. The number of carbonyl (C=O) groups excluding carboxylic acids is 2. The lowest BCUT2D eigenvalue weighted by molar-refractivity contribution is -0.142. The zero-order valence-electron chi connectivity index (χ0n) is 21.7. The van der Waals surface area contributed by atoms with Crippen molar-refractivity contribution in [3.8, 4) is 0 Å². The van der Waals surface area contributed by atoms with E-state index in [0.717, 1.165) is 51.4 Å². The number of hydrogen-bond donors (Lipinski definition) is 2. The Morgan fingerprint density at radius 2 is 1.69 bits per heavy atom. The van der Waals surface area contributed by atoms with E-state index in [0.29, 0.717) is 30.3 Å². The zero-order valence-corrected chi connectivity index (χ0v) is 21.7. The van der Waals surface area contributed by atoms with Gasteiger partial charge in [0.05, 0.1) is 12.1 Å². The molecule has 3 saturated carbocycles. The molecule has 2 amide bonds. The van der Waals surface area contributed by atoms with Crippen LogP contribution in [0.15, 0.2) is 0 Å². The lowest BCUT2D eigenvalue weighted by Gasteiger charge is -2.54. The van der Waals surface area contributed by atoms with Crippen LogP contribution in [0.25, 0.3) is 0 Å². The summed E-state index contributed by atoms with van der Waals surface area (Å²) in [5, 5.41) is 6.13. The summed E-state index contributed by atoms with van der Waals surface area (Å²) in [6.45, 7) is 7.31. The first-order chi connectivity index (χ1) is 17.0. The van der Waals surface area contributed by atoms with Crippen molar-refractivity contribution >= 4 is 12.0 Å². The number of hydrogen-bond acceptors (Lipinski definition) is 6. The van der Waals surface area contributed by atoms with E-state index in [1.54, 1.807) is 6.92 Å². The number of hydrazine groups is 1. The van der Waals surface area contributed by atoms with Gasteiger partial charge in [-0.2, -0.15) is 0 Å². The monoisotopic (exact) mass is 487 g/mol. The number of nitrogens with zero attached hydrogens (tertiary/aromatic N) is 3. The molecular formula is C27H45N5O3. The minimum absolute atomic E-state index is 0.0311. The fraction of sp³-hybridized carbons (Fsp3) is 0.926. The first-order valence-corrected chi connectivity index (χ1v) is 14.5. The number of fused-ring (bicyclic) bond motifs is 2. The van der Waals surface area contributed by atoms with Crippen molar-refractivity contribution in [3.05, 3.63) is 0 Å². The van der Waals surface area contributed by atoms with Gasteiger partial charge >= 0.3 is 6.09 Å². The first-order valence-electron chi connectivity index (χ1n) is 14.5. The van der Waals surface area contributed by atoms with Crippen LogP contribution in [0.1, 0.15) is 78.1 Å². The van der Waals surface area contributed by atoms with Crippen LogP contribution in [0.5, 0.6) is 0 Å². The van der Waals surface area contributed by atoms with Crippen molar-refractivity contribution in [2.24, 2.45) is 17.8 Å².